The Kier molecular flexibility index (Phi) is 4.13. The largest absolute Gasteiger partial charge is 0.367 e. The highest BCUT2D eigenvalue weighted by atomic mass is 32.1. The lowest BCUT2D eigenvalue weighted by Crippen LogP contribution is -2.21. The van der Waals surface area contributed by atoms with Crippen LogP contribution in [0.1, 0.15) is 43.0 Å². The highest BCUT2D eigenvalue weighted by Crippen LogP contribution is 2.33. The summed E-state index contributed by atoms with van der Waals surface area (Å²) in [5.41, 5.74) is 1.31. The van der Waals surface area contributed by atoms with Gasteiger partial charge in [0.1, 0.15) is 16.5 Å². The van der Waals surface area contributed by atoms with Gasteiger partial charge in [-0.3, -0.25) is 4.90 Å². The standard InChI is InChI=1S/C16H24N4S/c1-10(2)17-15-14-11(3)12(4)21-16(14)19-13(18-15)9-20-7-5-6-8-20/h10H,5-9H2,1-4H3,(H,17,18,19). The molecule has 0 amide bonds. The molecule has 21 heavy (non-hydrogen) atoms. The van der Waals surface area contributed by atoms with Crippen LogP contribution >= 0.6 is 11.3 Å². The fraction of sp³-hybridized carbons (Fsp3) is 0.625. The molecule has 114 valence electrons. The van der Waals surface area contributed by atoms with E-state index in [9.17, 15) is 0 Å². The highest BCUT2D eigenvalue weighted by molar-refractivity contribution is 7.18. The van der Waals surface area contributed by atoms with E-state index in [2.05, 4.69) is 37.9 Å². The Bertz CT molecular complexity index is 641. The van der Waals surface area contributed by atoms with Crippen molar-refractivity contribution in [2.75, 3.05) is 18.4 Å². The zero-order valence-electron chi connectivity index (χ0n) is 13.4. The van der Waals surface area contributed by atoms with Crippen molar-refractivity contribution in [2.45, 2.75) is 53.1 Å². The fourth-order valence-corrected chi connectivity index (χ4v) is 3.93. The normalized spacial score (nSPS) is 16.2. The molecule has 2 aromatic rings. The van der Waals surface area contributed by atoms with Gasteiger partial charge in [0.05, 0.1) is 11.9 Å². The number of nitrogens with zero attached hydrogens (tertiary/aromatic N) is 3. The minimum Gasteiger partial charge on any atom is -0.367 e. The van der Waals surface area contributed by atoms with Crippen molar-refractivity contribution >= 4 is 27.4 Å². The smallest absolute Gasteiger partial charge is 0.146 e. The number of hydrogen-bond acceptors (Lipinski definition) is 5. The van der Waals surface area contributed by atoms with Crippen molar-refractivity contribution < 1.29 is 0 Å². The van der Waals surface area contributed by atoms with Crippen LogP contribution in [0.3, 0.4) is 0 Å². The number of rotatable bonds is 4. The molecule has 3 heterocycles. The molecule has 0 radical (unpaired) electrons. The summed E-state index contributed by atoms with van der Waals surface area (Å²) in [5, 5.41) is 4.71. The first-order valence-corrected chi connectivity index (χ1v) is 8.61. The number of aromatic nitrogens is 2. The Labute approximate surface area is 130 Å². The zero-order chi connectivity index (χ0) is 15.0. The molecule has 1 fully saturated rings. The topological polar surface area (TPSA) is 41.1 Å². The lowest BCUT2D eigenvalue weighted by molar-refractivity contribution is 0.323. The third-order valence-corrected chi connectivity index (χ3v) is 5.17. The van der Waals surface area contributed by atoms with Gasteiger partial charge in [0.25, 0.3) is 0 Å². The number of fused-ring (bicyclic) bond motifs is 1. The van der Waals surface area contributed by atoms with Crippen LogP contribution < -0.4 is 5.32 Å². The van der Waals surface area contributed by atoms with Gasteiger partial charge < -0.3 is 5.32 Å². The molecule has 0 saturated carbocycles. The predicted molar refractivity (Wildman–Crippen MR) is 90.2 cm³/mol. The first-order valence-electron chi connectivity index (χ1n) is 7.80. The van der Waals surface area contributed by atoms with Gasteiger partial charge in [-0.25, -0.2) is 9.97 Å². The highest BCUT2D eigenvalue weighted by Gasteiger charge is 2.18. The maximum atomic E-state index is 4.82. The van der Waals surface area contributed by atoms with Crippen LogP contribution in [0.25, 0.3) is 10.2 Å². The number of likely N-dealkylation sites (tertiary alicyclic amines) is 1. The summed E-state index contributed by atoms with van der Waals surface area (Å²) in [6.07, 6.45) is 2.60. The Morgan fingerprint density at radius 1 is 1.19 bits per heavy atom. The maximum Gasteiger partial charge on any atom is 0.146 e. The second kappa shape index (κ2) is 5.89. The van der Waals surface area contributed by atoms with Crippen molar-refractivity contribution in [1.29, 1.82) is 0 Å². The zero-order valence-corrected chi connectivity index (χ0v) is 14.2. The Hall–Kier alpha value is -1.20. The molecule has 3 rings (SSSR count). The lowest BCUT2D eigenvalue weighted by Gasteiger charge is -2.16. The molecule has 2 aromatic heterocycles. The van der Waals surface area contributed by atoms with Crippen molar-refractivity contribution in [1.82, 2.24) is 14.9 Å². The molecule has 1 aliphatic heterocycles. The van der Waals surface area contributed by atoms with Crippen molar-refractivity contribution in [3.63, 3.8) is 0 Å². The summed E-state index contributed by atoms with van der Waals surface area (Å²) < 4.78 is 0. The van der Waals surface area contributed by atoms with Crippen LogP contribution in [-0.2, 0) is 6.54 Å². The minimum absolute atomic E-state index is 0.377. The number of aryl methyl sites for hydroxylation is 2. The minimum atomic E-state index is 0.377. The van der Waals surface area contributed by atoms with Gasteiger partial charge in [-0.15, -0.1) is 11.3 Å². The summed E-state index contributed by atoms with van der Waals surface area (Å²) in [6.45, 7) is 11.9. The van der Waals surface area contributed by atoms with Gasteiger partial charge in [-0.2, -0.15) is 0 Å². The SMILES string of the molecule is Cc1sc2nc(CN3CCCC3)nc(NC(C)C)c2c1C. The van der Waals surface area contributed by atoms with Gasteiger partial charge in [-0.05, 0) is 59.2 Å². The molecular formula is C16H24N4S. The molecule has 0 bridgehead atoms. The van der Waals surface area contributed by atoms with Crippen molar-refractivity contribution in [3.8, 4) is 0 Å². The fourth-order valence-electron chi connectivity index (χ4n) is 2.88. The Morgan fingerprint density at radius 2 is 1.90 bits per heavy atom. The molecule has 4 nitrogen and oxygen atoms in total. The van der Waals surface area contributed by atoms with E-state index >= 15 is 0 Å². The van der Waals surface area contributed by atoms with Crippen LogP contribution in [0, 0.1) is 13.8 Å². The van der Waals surface area contributed by atoms with Crippen LogP contribution in [0.4, 0.5) is 5.82 Å². The maximum absolute atomic E-state index is 4.82. The molecule has 1 saturated heterocycles. The predicted octanol–water partition coefficient (Wildman–Crippen LogP) is 3.72. The summed E-state index contributed by atoms with van der Waals surface area (Å²) in [6, 6.07) is 0.377. The number of thiophene rings is 1. The van der Waals surface area contributed by atoms with Gasteiger partial charge in [0.2, 0.25) is 0 Å². The van der Waals surface area contributed by atoms with E-state index in [4.69, 9.17) is 9.97 Å². The van der Waals surface area contributed by atoms with Gasteiger partial charge in [0.15, 0.2) is 0 Å². The monoisotopic (exact) mass is 304 g/mol. The third kappa shape index (κ3) is 3.04. The lowest BCUT2D eigenvalue weighted by atomic mass is 10.2. The molecule has 0 atom stereocenters. The molecule has 0 aliphatic carbocycles. The van der Waals surface area contributed by atoms with Crippen LogP contribution in [0.2, 0.25) is 0 Å². The average molecular weight is 304 g/mol. The second-order valence-corrected chi connectivity index (χ2v) is 7.44. The molecule has 0 unspecified atom stereocenters. The summed E-state index contributed by atoms with van der Waals surface area (Å²) in [7, 11) is 0. The summed E-state index contributed by atoms with van der Waals surface area (Å²) >= 11 is 1.78. The summed E-state index contributed by atoms with van der Waals surface area (Å²) in [5.74, 6) is 1.96. The second-order valence-electron chi connectivity index (χ2n) is 6.23. The van der Waals surface area contributed by atoms with E-state index in [1.54, 1.807) is 11.3 Å². The van der Waals surface area contributed by atoms with Crippen molar-refractivity contribution in [2.24, 2.45) is 0 Å². The van der Waals surface area contributed by atoms with Crippen LogP contribution in [0.15, 0.2) is 0 Å². The number of hydrogen-bond donors (Lipinski definition) is 1. The summed E-state index contributed by atoms with van der Waals surface area (Å²) in [4.78, 5) is 14.5. The van der Waals surface area contributed by atoms with E-state index in [-0.39, 0.29) is 0 Å². The third-order valence-electron chi connectivity index (χ3n) is 4.06. The average Bonchev–Trinajstić information content (AvgIpc) is 2.98. The van der Waals surface area contributed by atoms with Crippen molar-refractivity contribution in [3.05, 3.63) is 16.3 Å². The Morgan fingerprint density at radius 3 is 2.57 bits per heavy atom. The van der Waals surface area contributed by atoms with Crippen LogP contribution in [0.5, 0.6) is 0 Å². The van der Waals surface area contributed by atoms with E-state index in [0.717, 1.165) is 23.0 Å². The molecule has 1 aliphatic rings. The van der Waals surface area contributed by atoms with E-state index in [1.807, 2.05) is 0 Å². The van der Waals surface area contributed by atoms with Crippen LogP contribution in [-0.4, -0.2) is 34.0 Å². The first-order chi connectivity index (χ1) is 10.0. The molecule has 0 aromatic carbocycles. The molecule has 1 N–H and O–H groups in total. The van der Waals surface area contributed by atoms with E-state index in [1.165, 1.54) is 41.8 Å². The first kappa shape index (κ1) is 14.7. The van der Waals surface area contributed by atoms with E-state index in [0.29, 0.717) is 6.04 Å². The number of anilines is 1. The quantitative estimate of drug-likeness (QED) is 0.934. The van der Waals surface area contributed by atoms with E-state index < -0.39 is 0 Å². The Balaban J connectivity index is 2.01. The molecule has 0 spiro atoms. The number of nitrogens with one attached hydrogen (secondary N) is 1. The molecular weight excluding hydrogens is 280 g/mol. The van der Waals surface area contributed by atoms with Gasteiger partial charge >= 0.3 is 0 Å². The van der Waals surface area contributed by atoms with Gasteiger partial charge in [-0.1, -0.05) is 0 Å². The molecule has 5 heteroatoms. The van der Waals surface area contributed by atoms with Gasteiger partial charge in [0, 0.05) is 10.9 Å².